The minimum absolute atomic E-state index is 0.295. The lowest BCUT2D eigenvalue weighted by Crippen LogP contribution is -2.45. The molecule has 1 aliphatic rings. The Kier molecular flexibility index (Phi) is 4.15. The first-order valence-corrected chi connectivity index (χ1v) is 5.20. The molecule has 0 bridgehead atoms. The third kappa shape index (κ3) is 2.46. The summed E-state index contributed by atoms with van der Waals surface area (Å²) in [6, 6.07) is 0. The van der Waals surface area contributed by atoms with E-state index in [2.05, 4.69) is 0 Å². The van der Waals surface area contributed by atoms with Crippen molar-refractivity contribution in [1.82, 2.24) is 0 Å². The highest BCUT2D eigenvalue weighted by Crippen LogP contribution is 2.28. The van der Waals surface area contributed by atoms with Crippen molar-refractivity contribution in [2.24, 2.45) is 11.8 Å². The average molecular weight is 224 g/mol. The zero-order valence-corrected chi connectivity index (χ0v) is 9.33. The molecule has 4 nitrogen and oxygen atoms in total. The van der Waals surface area contributed by atoms with Gasteiger partial charge < -0.3 is 10.2 Å². The van der Waals surface area contributed by atoms with Crippen LogP contribution in [-0.4, -0.2) is 34.0 Å². The Morgan fingerprint density at radius 3 is 2.69 bits per heavy atom. The first kappa shape index (κ1) is 12.8. The van der Waals surface area contributed by atoms with Crippen molar-refractivity contribution in [3.8, 4) is 0 Å². The fourth-order valence-electron chi connectivity index (χ4n) is 1.90. The Balaban J connectivity index is 3.03. The zero-order valence-electron chi connectivity index (χ0n) is 9.33. The van der Waals surface area contributed by atoms with Crippen molar-refractivity contribution in [3.63, 3.8) is 0 Å². The monoisotopic (exact) mass is 224 g/mol. The molecule has 0 fully saturated rings. The number of ketones is 2. The number of allylic oxidation sites excluding steroid dienone is 3. The van der Waals surface area contributed by atoms with Gasteiger partial charge in [0.1, 0.15) is 12.2 Å². The summed E-state index contributed by atoms with van der Waals surface area (Å²) in [6.07, 6.45) is 3.78. The fraction of sp³-hybridized carbons (Fsp3) is 0.500. The standard InChI is InChI=1S/C12H16O4/c1-3-4-8-5-6-9(14)12(16)10(8)11(15)7(2)13/h3-6,8,10-12,15-16H,1-2H3/b4-3+/t8-,10-,11?,12+/m0/s1. The van der Waals surface area contributed by atoms with Gasteiger partial charge in [0.05, 0.1) is 0 Å². The van der Waals surface area contributed by atoms with E-state index in [1.165, 1.54) is 13.0 Å². The van der Waals surface area contributed by atoms with Crippen LogP contribution in [0.5, 0.6) is 0 Å². The predicted octanol–water partition coefficient (Wildman–Crippen LogP) is 0.245. The van der Waals surface area contributed by atoms with E-state index in [0.717, 1.165) is 0 Å². The van der Waals surface area contributed by atoms with Gasteiger partial charge in [0.2, 0.25) is 0 Å². The fourth-order valence-corrected chi connectivity index (χ4v) is 1.90. The molecule has 1 rings (SSSR count). The number of rotatable bonds is 3. The lowest BCUT2D eigenvalue weighted by Gasteiger charge is -2.31. The number of hydrogen-bond acceptors (Lipinski definition) is 4. The largest absolute Gasteiger partial charge is 0.385 e. The molecular weight excluding hydrogens is 208 g/mol. The average Bonchev–Trinajstić information content (AvgIpc) is 2.23. The maximum atomic E-state index is 11.3. The van der Waals surface area contributed by atoms with Gasteiger partial charge in [0.15, 0.2) is 11.6 Å². The van der Waals surface area contributed by atoms with Crippen LogP contribution < -0.4 is 0 Å². The van der Waals surface area contributed by atoms with Gasteiger partial charge >= 0.3 is 0 Å². The molecular formula is C12H16O4. The van der Waals surface area contributed by atoms with Crippen LogP contribution in [0.3, 0.4) is 0 Å². The van der Waals surface area contributed by atoms with Crippen LogP contribution >= 0.6 is 0 Å². The second-order valence-electron chi connectivity index (χ2n) is 3.94. The number of aliphatic hydroxyl groups is 2. The van der Waals surface area contributed by atoms with Gasteiger partial charge in [-0.2, -0.15) is 0 Å². The molecule has 1 unspecified atom stereocenters. The smallest absolute Gasteiger partial charge is 0.184 e. The normalized spacial score (nSPS) is 32.0. The van der Waals surface area contributed by atoms with E-state index < -0.39 is 29.7 Å². The van der Waals surface area contributed by atoms with Crippen molar-refractivity contribution >= 4 is 11.6 Å². The summed E-state index contributed by atoms with van der Waals surface area (Å²) in [5, 5.41) is 19.4. The Bertz CT molecular complexity index is 343. The molecule has 4 atom stereocenters. The maximum absolute atomic E-state index is 11.3. The minimum Gasteiger partial charge on any atom is -0.385 e. The van der Waals surface area contributed by atoms with Gasteiger partial charge in [-0.3, -0.25) is 9.59 Å². The van der Waals surface area contributed by atoms with Gasteiger partial charge in [0.25, 0.3) is 0 Å². The highest BCUT2D eigenvalue weighted by atomic mass is 16.3. The molecule has 0 saturated carbocycles. The molecule has 0 heterocycles. The summed E-state index contributed by atoms with van der Waals surface area (Å²) in [4.78, 5) is 22.4. The Labute approximate surface area is 94.3 Å². The number of Topliss-reactive ketones (excluding diaryl/α,β-unsaturated/α-hetero) is 1. The lowest BCUT2D eigenvalue weighted by molar-refractivity contribution is -0.137. The van der Waals surface area contributed by atoms with Gasteiger partial charge in [-0.15, -0.1) is 0 Å². The highest BCUT2D eigenvalue weighted by Gasteiger charge is 2.39. The van der Waals surface area contributed by atoms with Crippen LogP contribution in [-0.2, 0) is 9.59 Å². The summed E-state index contributed by atoms with van der Waals surface area (Å²) in [6.45, 7) is 3.04. The van der Waals surface area contributed by atoms with Crippen molar-refractivity contribution in [2.45, 2.75) is 26.1 Å². The van der Waals surface area contributed by atoms with Crippen LogP contribution in [0.25, 0.3) is 0 Å². The second kappa shape index (κ2) is 5.18. The molecule has 0 spiro atoms. The molecule has 0 radical (unpaired) electrons. The van der Waals surface area contributed by atoms with E-state index in [0.29, 0.717) is 0 Å². The van der Waals surface area contributed by atoms with E-state index in [-0.39, 0.29) is 5.92 Å². The SMILES string of the molecule is C/C=C/[C@H]1C=CC(=O)[C@@H](O)[C@@H]1C(O)C(C)=O. The van der Waals surface area contributed by atoms with Gasteiger partial charge in [0, 0.05) is 11.8 Å². The van der Waals surface area contributed by atoms with E-state index >= 15 is 0 Å². The van der Waals surface area contributed by atoms with E-state index in [1.54, 1.807) is 25.2 Å². The van der Waals surface area contributed by atoms with Crippen LogP contribution in [0.15, 0.2) is 24.3 Å². The third-order valence-electron chi connectivity index (χ3n) is 2.78. The molecule has 4 heteroatoms. The van der Waals surface area contributed by atoms with Gasteiger partial charge in [-0.25, -0.2) is 0 Å². The Morgan fingerprint density at radius 1 is 1.56 bits per heavy atom. The molecule has 2 N–H and O–H groups in total. The zero-order chi connectivity index (χ0) is 12.3. The van der Waals surface area contributed by atoms with Crippen LogP contribution in [0.2, 0.25) is 0 Å². The quantitative estimate of drug-likeness (QED) is 0.674. The number of carbonyl (C=O) groups is 2. The summed E-state index contributed by atoms with van der Waals surface area (Å²) in [5.41, 5.74) is 0. The number of aliphatic hydroxyl groups excluding tert-OH is 2. The van der Waals surface area contributed by atoms with Crippen molar-refractivity contribution in [2.75, 3.05) is 0 Å². The summed E-state index contributed by atoms with van der Waals surface area (Å²) in [7, 11) is 0. The number of hydrogen-bond donors (Lipinski definition) is 2. The van der Waals surface area contributed by atoms with Gasteiger partial charge in [-0.1, -0.05) is 18.2 Å². The van der Waals surface area contributed by atoms with Gasteiger partial charge in [-0.05, 0) is 19.9 Å². The maximum Gasteiger partial charge on any atom is 0.184 e. The molecule has 0 amide bonds. The van der Waals surface area contributed by atoms with Crippen molar-refractivity contribution in [1.29, 1.82) is 0 Å². The molecule has 88 valence electrons. The molecule has 0 aliphatic heterocycles. The molecule has 0 aromatic rings. The molecule has 1 aliphatic carbocycles. The molecule has 0 saturated heterocycles. The van der Waals surface area contributed by atoms with Crippen molar-refractivity contribution < 1.29 is 19.8 Å². The number of carbonyl (C=O) groups excluding carboxylic acids is 2. The third-order valence-corrected chi connectivity index (χ3v) is 2.78. The summed E-state index contributed by atoms with van der Waals surface area (Å²) >= 11 is 0. The molecule has 16 heavy (non-hydrogen) atoms. The van der Waals surface area contributed by atoms with Crippen LogP contribution in [0, 0.1) is 11.8 Å². The lowest BCUT2D eigenvalue weighted by atomic mass is 9.76. The first-order valence-electron chi connectivity index (χ1n) is 5.20. The highest BCUT2D eigenvalue weighted by molar-refractivity contribution is 5.95. The first-order chi connectivity index (χ1) is 7.49. The minimum atomic E-state index is -1.31. The molecule has 0 aromatic heterocycles. The van der Waals surface area contributed by atoms with Crippen LogP contribution in [0.1, 0.15) is 13.8 Å². The summed E-state index contributed by atoms with van der Waals surface area (Å²) < 4.78 is 0. The van der Waals surface area contributed by atoms with E-state index in [4.69, 9.17) is 0 Å². The summed E-state index contributed by atoms with van der Waals surface area (Å²) in [5.74, 6) is -1.99. The van der Waals surface area contributed by atoms with Crippen molar-refractivity contribution in [3.05, 3.63) is 24.3 Å². The van der Waals surface area contributed by atoms with E-state index in [1.807, 2.05) is 0 Å². The second-order valence-corrected chi connectivity index (χ2v) is 3.94. The Hall–Kier alpha value is -1.26. The predicted molar refractivity (Wildman–Crippen MR) is 58.6 cm³/mol. The van der Waals surface area contributed by atoms with E-state index in [9.17, 15) is 19.8 Å². The molecule has 0 aromatic carbocycles. The topological polar surface area (TPSA) is 74.6 Å². The van der Waals surface area contributed by atoms with Crippen LogP contribution in [0.4, 0.5) is 0 Å². The Morgan fingerprint density at radius 2 is 2.19 bits per heavy atom.